The van der Waals surface area contributed by atoms with Crippen molar-refractivity contribution in [2.24, 2.45) is 4.99 Å². The number of aromatic nitrogens is 6. The SMILES string of the molecule is CCNC(=NCc1ccc(-n2nc(C)cc2C)nc1)NC1CCc2nc(COC)nn2C1. The number of methoxy groups -OCH3 is 1. The van der Waals surface area contributed by atoms with E-state index < -0.39 is 0 Å². The molecule has 0 bridgehead atoms. The molecular formula is C22H31N9O. The predicted molar refractivity (Wildman–Crippen MR) is 122 cm³/mol. The van der Waals surface area contributed by atoms with Crippen LogP contribution in [0.1, 0.15) is 41.9 Å². The highest BCUT2D eigenvalue weighted by Gasteiger charge is 2.22. The lowest BCUT2D eigenvalue weighted by Crippen LogP contribution is -2.47. The summed E-state index contributed by atoms with van der Waals surface area (Å²) in [6, 6.07) is 6.31. The zero-order chi connectivity index (χ0) is 22.5. The number of guanidine groups is 1. The summed E-state index contributed by atoms with van der Waals surface area (Å²) in [7, 11) is 1.66. The Balaban J connectivity index is 1.39. The second kappa shape index (κ2) is 9.90. The molecular weight excluding hydrogens is 406 g/mol. The third-order valence-electron chi connectivity index (χ3n) is 5.32. The van der Waals surface area contributed by atoms with E-state index in [0.29, 0.717) is 13.2 Å². The van der Waals surface area contributed by atoms with Crippen molar-refractivity contribution in [2.45, 2.75) is 59.4 Å². The van der Waals surface area contributed by atoms with Crippen molar-refractivity contribution in [3.05, 3.63) is 53.0 Å². The Morgan fingerprint density at radius 1 is 1.28 bits per heavy atom. The summed E-state index contributed by atoms with van der Waals surface area (Å²) in [5.74, 6) is 3.36. The Morgan fingerprint density at radius 3 is 2.84 bits per heavy atom. The molecule has 0 aliphatic carbocycles. The van der Waals surface area contributed by atoms with Crippen molar-refractivity contribution in [1.29, 1.82) is 0 Å². The molecule has 10 heteroatoms. The summed E-state index contributed by atoms with van der Waals surface area (Å²) in [6.07, 6.45) is 3.72. The van der Waals surface area contributed by atoms with Gasteiger partial charge in [0.25, 0.3) is 0 Å². The van der Waals surface area contributed by atoms with Gasteiger partial charge in [-0.1, -0.05) is 6.07 Å². The molecule has 0 aromatic carbocycles. The fraction of sp³-hybridized carbons (Fsp3) is 0.500. The van der Waals surface area contributed by atoms with E-state index >= 15 is 0 Å². The van der Waals surface area contributed by atoms with Crippen molar-refractivity contribution in [3.8, 4) is 5.82 Å². The van der Waals surface area contributed by atoms with Crippen molar-refractivity contribution in [2.75, 3.05) is 13.7 Å². The van der Waals surface area contributed by atoms with Crippen LogP contribution in [-0.4, -0.2) is 55.2 Å². The molecule has 0 radical (unpaired) electrons. The lowest BCUT2D eigenvalue weighted by atomic mass is 10.1. The first kappa shape index (κ1) is 21.9. The average molecular weight is 438 g/mol. The van der Waals surface area contributed by atoms with Gasteiger partial charge in [0.15, 0.2) is 17.6 Å². The number of aliphatic imine (C=N–C) groups is 1. The zero-order valence-electron chi connectivity index (χ0n) is 19.2. The Morgan fingerprint density at radius 2 is 2.16 bits per heavy atom. The summed E-state index contributed by atoms with van der Waals surface area (Å²) < 4.78 is 8.98. The molecule has 0 amide bonds. The molecule has 3 aromatic heterocycles. The van der Waals surface area contributed by atoms with E-state index in [9.17, 15) is 0 Å². The second-order valence-electron chi connectivity index (χ2n) is 8.00. The third-order valence-corrected chi connectivity index (χ3v) is 5.32. The number of pyridine rings is 1. The number of fused-ring (bicyclic) bond motifs is 1. The van der Waals surface area contributed by atoms with Crippen LogP contribution in [-0.2, 0) is 30.9 Å². The van der Waals surface area contributed by atoms with E-state index in [0.717, 1.165) is 66.3 Å². The van der Waals surface area contributed by atoms with E-state index in [4.69, 9.17) is 9.73 Å². The molecule has 1 unspecified atom stereocenters. The zero-order valence-corrected chi connectivity index (χ0v) is 19.2. The van der Waals surface area contributed by atoms with E-state index in [1.807, 2.05) is 47.6 Å². The lowest BCUT2D eigenvalue weighted by Gasteiger charge is -2.25. The monoisotopic (exact) mass is 437 g/mol. The summed E-state index contributed by atoms with van der Waals surface area (Å²) in [6.45, 7) is 8.61. The van der Waals surface area contributed by atoms with Crippen molar-refractivity contribution in [3.63, 3.8) is 0 Å². The lowest BCUT2D eigenvalue weighted by molar-refractivity contribution is 0.177. The van der Waals surface area contributed by atoms with Crippen LogP contribution < -0.4 is 10.6 Å². The van der Waals surface area contributed by atoms with Gasteiger partial charge in [-0.2, -0.15) is 10.2 Å². The van der Waals surface area contributed by atoms with Gasteiger partial charge in [0, 0.05) is 38.0 Å². The van der Waals surface area contributed by atoms with Crippen molar-refractivity contribution < 1.29 is 4.74 Å². The Labute approximate surface area is 188 Å². The molecule has 10 nitrogen and oxygen atoms in total. The van der Waals surface area contributed by atoms with Gasteiger partial charge < -0.3 is 15.4 Å². The number of hydrogen-bond acceptors (Lipinski definition) is 6. The molecule has 4 heterocycles. The summed E-state index contributed by atoms with van der Waals surface area (Å²) in [5.41, 5.74) is 3.09. The van der Waals surface area contributed by atoms with Crippen molar-refractivity contribution >= 4 is 5.96 Å². The molecule has 32 heavy (non-hydrogen) atoms. The molecule has 1 aliphatic heterocycles. The fourth-order valence-corrected chi connectivity index (χ4v) is 3.85. The highest BCUT2D eigenvalue weighted by molar-refractivity contribution is 5.80. The Kier molecular flexibility index (Phi) is 6.79. The number of aryl methyl sites for hydroxylation is 3. The molecule has 0 saturated heterocycles. The molecule has 0 spiro atoms. The first-order chi connectivity index (χ1) is 15.6. The van der Waals surface area contributed by atoms with Gasteiger partial charge in [0.2, 0.25) is 0 Å². The van der Waals surface area contributed by atoms with Gasteiger partial charge in [-0.25, -0.2) is 24.3 Å². The van der Waals surface area contributed by atoms with Crippen LogP contribution in [0, 0.1) is 13.8 Å². The summed E-state index contributed by atoms with van der Waals surface area (Å²) >= 11 is 0. The third kappa shape index (κ3) is 5.13. The van der Waals surface area contributed by atoms with Gasteiger partial charge >= 0.3 is 0 Å². The van der Waals surface area contributed by atoms with Gasteiger partial charge in [0.05, 0.1) is 18.8 Å². The normalized spacial score (nSPS) is 16.1. The topological polar surface area (TPSA) is 107 Å². The van der Waals surface area contributed by atoms with Crippen LogP contribution in [0.3, 0.4) is 0 Å². The first-order valence-electron chi connectivity index (χ1n) is 11.0. The maximum absolute atomic E-state index is 5.15. The summed E-state index contributed by atoms with van der Waals surface area (Å²) in [5, 5.41) is 15.9. The second-order valence-corrected chi connectivity index (χ2v) is 8.00. The molecule has 4 rings (SSSR count). The number of hydrogen-bond donors (Lipinski definition) is 2. The molecule has 2 N–H and O–H groups in total. The highest BCUT2D eigenvalue weighted by Crippen LogP contribution is 2.14. The standard InChI is InChI=1S/C22H31N9O/c1-5-23-22(26-18-7-9-21-27-19(14-32-4)29-30(21)13-18)25-12-17-6-8-20(24-11-17)31-16(3)10-15(2)28-31/h6,8,10-11,18H,5,7,9,12-14H2,1-4H3,(H2,23,25,26). The molecule has 0 fully saturated rings. The van der Waals surface area contributed by atoms with Gasteiger partial charge in [-0.3, -0.25) is 0 Å². The van der Waals surface area contributed by atoms with Crippen LogP contribution in [0.2, 0.25) is 0 Å². The van der Waals surface area contributed by atoms with Gasteiger partial charge in [0.1, 0.15) is 12.4 Å². The van der Waals surface area contributed by atoms with Crippen LogP contribution in [0.5, 0.6) is 0 Å². The number of ether oxygens (including phenoxy) is 1. The van der Waals surface area contributed by atoms with Crippen molar-refractivity contribution in [1.82, 2.24) is 40.2 Å². The number of nitrogens with zero attached hydrogens (tertiary/aromatic N) is 7. The minimum atomic E-state index is 0.240. The Bertz CT molecular complexity index is 1070. The van der Waals surface area contributed by atoms with E-state index in [2.05, 4.69) is 37.7 Å². The minimum absolute atomic E-state index is 0.240. The smallest absolute Gasteiger partial charge is 0.191 e. The quantitative estimate of drug-likeness (QED) is 0.428. The van der Waals surface area contributed by atoms with E-state index in [1.54, 1.807) is 7.11 Å². The van der Waals surface area contributed by atoms with Gasteiger partial charge in [-0.15, -0.1) is 0 Å². The molecule has 170 valence electrons. The number of nitrogens with one attached hydrogen (secondary N) is 2. The van der Waals surface area contributed by atoms with E-state index in [-0.39, 0.29) is 6.04 Å². The Hall–Kier alpha value is -3.27. The maximum Gasteiger partial charge on any atom is 0.191 e. The summed E-state index contributed by atoms with van der Waals surface area (Å²) in [4.78, 5) is 13.9. The van der Waals surface area contributed by atoms with Gasteiger partial charge in [-0.05, 0) is 44.9 Å². The molecule has 1 atom stereocenters. The van der Waals surface area contributed by atoms with Crippen LogP contribution in [0.15, 0.2) is 29.4 Å². The molecule has 0 saturated carbocycles. The minimum Gasteiger partial charge on any atom is -0.377 e. The first-order valence-corrected chi connectivity index (χ1v) is 11.0. The van der Waals surface area contributed by atoms with Crippen LogP contribution in [0.25, 0.3) is 5.82 Å². The van der Waals surface area contributed by atoms with Crippen LogP contribution in [0.4, 0.5) is 0 Å². The highest BCUT2D eigenvalue weighted by atomic mass is 16.5. The average Bonchev–Trinajstić information content (AvgIpc) is 3.34. The molecule has 1 aliphatic rings. The predicted octanol–water partition coefficient (Wildman–Crippen LogP) is 1.69. The molecule has 3 aromatic rings. The maximum atomic E-state index is 5.15. The van der Waals surface area contributed by atoms with Crippen LogP contribution >= 0.6 is 0 Å². The van der Waals surface area contributed by atoms with E-state index in [1.165, 1.54) is 0 Å². The number of rotatable bonds is 7. The fourth-order valence-electron chi connectivity index (χ4n) is 3.85. The largest absolute Gasteiger partial charge is 0.377 e.